The lowest BCUT2D eigenvalue weighted by Crippen LogP contribution is -1.88. The molecular formula is C11H12N2O3S. The van der Waals surface area contributed by atoms with E-state index >= 15 is 0 Å². The van der Waals surface area contributed by atoms with Gasteiger partial charge in [-0.2, -0.15) is 9.32 Å². The molecule has 0 aliphatic carbocycles. The highest BCUT2D eigenvalue weighted by Gasteiger charge is 2.04. The molecule has 5 nitrogen and oxygen atoms in total. The van der Waals surface area contributed by atoms with Crippen LogP contribution in [0.15, 0.2) is 33.7 Å². The molecule has 0 bridgehead atoms. The molecule has 0 amide bonds. The molecule has 2 rings (SSSR count). The van der Waals surface area contributed by atoms with Gasteiger partial charge in [0.1, 0.15) is 0 Å². The summed E-state index contributed by atoms with van der Waals surface area (Å²) in [6, 6.07) is 7.87. The molecule has 90 valence electrons. The summed E-state index contributed by atoms with van der Waals surface area (Å²) in [5, 5.41) is 3.74. The molecular weight excluding hydrogens is 240 g/mol. The van der Waals surface area contributed by atoms with Gasteiger partial charge in [-0.1, -0.05) is 17.3 Å². The van der Waals surface area contributed by atoms with Gasteiger partial charge >= 0.3 is 0 Å². The van der Waals surface area contributed by atoms with Crippen molar-refractivity contribution in [1.29, 1.82) is 0 Å². The van der Waals surface area contributed by atoms with Gasteiger partial charge < -0.3 is 4.52 Å². The van der Waals surface area contributed by atoms with Gasteiger partial charge in [0.05, 0.1) is 25.6 Å². The molecule has 0 aliphatic heterocycles. The Hall–Kier alpha value is -1.37. The zero-order chi connectivity index (χ0) is 12.1. The molecule has 1 aromatic heterocycles. The summed E-state index contributed by atoms with van der Waals surface area (Å²) in [7, 11) is 1.47. The van der Waals surface area contributed by atoms with Crippen LogP contribution >= 0.6 is 12.0 Å². The van der Waals surface area contributed by atoms with Gasteiger partial charge in [-0.25, -0.2) is 4.89 Å². The number of hydrogen-bond donors (Lipinski definition) is 0. The maximum absolute atomic E-state index is 5.05. The van der Waals surface area contributed by atoms with Crippen LogP contribution in [0.1, 0.15) is 17.3 Å². The first kappa shape index (κ1) is 12.1. The van der Waals surface area contributed by atoms with Crippen molar-refractivity contribution >= 4 is 12.0 Å². The number of aromatic nitrogens is 2. The lowest BCUT2D eigenvalue weighted by Gasteiger charge is -2.00. The minimum atomic E-state index is 0.621. The first-order valence-corrected chi connectivity index (χ1v) is 5.77. The zero-order valence-corrected chi connectivity index (χ0v) is 10.4. The monoisotopic (exact) mass is 252 g/mol. The minimum absolute atomic E-state index is 0.621. The van der Waals surface area contributed by atoms with E-state index in [2.05, 4.69) is 15.0 Å². The Morgan fingerprint density at radius 2 is 2.06 bits per heavy atom. The summed E-state index contributed by atoms with van der Waals surface area (Å²) in [5.74, 6) is 1.27. The van der Waals surface area contributed by atoms with Crippen molar-refractivity contribution in [3.05, 3.63) is 41.5 Å². The van der Waals surface area contributed by atoms with E-state index in [0.29, 0.717) is 18.1 Å². The first-order valence-electron chi connectivity index (χ1n) is 5.03. The summed E-state index contributed by atoms with van der Waals surface area (Å²) in [6.07, 6.45) is 0.636. The van der Waals surface area contributed by atoms with E-state index in [-0.39, 0.29) is 0 Å². The number of rotatable bonds is 5. The Labute approximate surface area is 103 Å². The SMILES string of the molecule is COOSc1ccc(Cc2nc(C)no2)cc1. The fourth-order valence-electron chi connectivity index (χ4n) is 1.32. The number of nitrogens with zero attached hydrogens (tertiary/aromatic N) is 2. The second-order valence-electron chi connectivity index (χ2n) is 3.37. The summed E-state index contributed by atoms with van der Waals surface area (Å²) in [5.41, 5.74) is 1.11. The Morgan fingerprint density at radius 3 is 2.65 bits per heavy atom. The quantitative estimate of drug-likeness (QED) is 0.463. The molecule has 0 saturated carbocycles. The third kappa shape index (κ3) is 3.55. The normalized spacial score (nSPS) is 10.7. The standard InChI is InChI=1S/C11H12N2O3S/c1-8-12-11(15-13-8)7-9-3-5-10(6-4-9)17-16-14-2/h3-6H,7H2,1-2H3. The van der Waals surface area contributed by atoms with E-state index in [1.807, 2.05) is 24.3 Å². The minimum Gasteiger partial charge on any atom is -0.339 e. The molecule has 0 unspecified atom stereocenters. The Bertz CT molecular complexity index is 470. The van der Waals surface area contributed by atoms with Crippen LogP contribution in [0.2, 0.25) is 0 Å². The Kier molecular flexibility index (Phi) is 4.13. The van der Waals surface area contributed by atoms with E-state index in [4.69, 9.17) is 8.86 Å². The van der Waals surface area contributed by atoms with Gasteiger partial charge in [0, 0.05) is 4.90 Å². The van der Waals surface area contributed by atoms with Crippen molar-refractivity contribution < 1.29 is 13.7 Å². The average Bonchev–Trinajstić information content (AvgIpc) is 2.74. The second kappa shape index (κ2) is 5.81. The Balaban J connectivity index is 1.98. The zero-order valence-electron chi connectivity index (χ0n) is 9.54. The molecule has 6 heteroatoms. The van der Waals surface area contributed by atoms with Crippen LogP contribution in [0.4, 0.5) is 0 Å². The van der Waals surface area contributed by atoms with Crippen molar-refractivity contribution in [2.45, 2.75) is 18.2 Å². The van der Waals surface area contributed by atoms with Crippen molar-refractivity contribution in [1.82, 2.24) is 10.1 Å². The van der Waals surface area contributed by atoms with E-state index in [0.717, 1.165) is 10.5 Å². The molecule has 0 fully saturated rings. The van der Waals surface area contributed by atoms with Crippen molar-refractivity contribution in [3.63, 3.8) is 0 Å². The van der Waals surface area contributed by atoms with Gasteiger partial charge in [0.25, 0.3) is 0 Å². The molecule has 0 radical (unpaired) electrons. The number of hydrogen-bond acceptors (Lipinski definition) is 6. The molecule has 2 aromatic rings. The molecule has 0 aliphatic rings. The van der Waals surface area contributed by atoms with Crippen LogP contribution in [-0.4, -0.2) is 17.3 Å². The molecule has 0 atom stereocenters. The van der Waals surface area contributed by atoms with Gasteiger partial charge in [-0.05, 0) is 24.6 Å². The third-order valence-electron chi connectivity index (χ3n) is 2.05. The van der Waals surface area contributed by atoms with Gasteiger partial charge in [-0.15, -0.1) is 0 Å². The summed E-state index contributed by atoms with van der Waals surface area (Å²) in [4.78, 5) is 9.62. The van der Waals surface area contributed by atoms with Crippen LogP contribution < -0.4 is 0 Å². The maximum Gasteiger partial charge on any atom is 0.231 e. The maximum atomic E-state index is 5.05. The molecule has 1 aromatic carbocycles. The van der Waals surface area contributed by atoms with Gasteiger partial charge in [-0.3, -0.25) is 0 Å². The van der Waals surface area contributed by atoms with Crippen molar-refractivity contribution in [2.24, 2.45) is 0 Å². The highest BCUT2D eigenvalue weighted by Crippen LogP contribution is 2.20. The van der Waals surface area contributed by atoms with E-state index in [9.17, 15) is 0 Å². The highest BCUT2D eigenvalue weighted by atomic mass is 32.2. The average molecular weight is 252 g/mol. The summed E-state index contributed by atoms with van der Waals surface area (Å²) in [6.45, 7) is 1.80. The number of aryl methyl sites for hydroxylation is 1. The fourth-order valence-corrected chi connectivity index (χ4v) is 1.72. The highest BCUT2D eigenvalue weighted by molar-refractivity contribution is 7.94. The van der Waals surface area contributed by atoms with Gasteiger partial charge in [0.2, 0.25) is 5.89 Å². The Morgan fingerprint density at radius 1 is 1.29 bits per heavy atom. The molecule has 17 heavy (non-hydrogen) atoms. The molecule has 1 heterocycles. The van der Waals surface area contributed by atoms with Crippen molar-refractivity contribution in [2.75, 3.05) is 7.11 Å². The molecule has 0 saturated heterocycles. The van der Waals surface area contributed by atoms with Crippen molar-refractivity contribution in [3.8, 4) is 0 Å². The summed E-state index contributed by atoms with van der Waals surface area (Å²) >= 11 is 1.17. The van der Waals surface area contributed by atoms with Crippen LogP contribution in [0, 0.1) is 6.92 Å². The van der Waals surface area contributed by atoms with E-state index in [1.54, 1.807) is 6.92 Å². The lowest BCUT2D eigenvalue weighted by molar-refractivity contribution is -0.160. The van der Waals surface area contributed by atoms with Crippen LogP contribution in [-0.2, 0) is 15.6 Å². The lowest BCUT2D eigenvalue weighted by atomic mass is 10.1. The molecule has 0 spiro atoms. The van der Waals surface area contributed by atoms with Crippen LogP contribution in [0.5, 0.6) is 0 Å². The third-order valence-corrected chi connectivity index (χ3v) is 2.72. The topological polar surface area (TPSA) is 57.4 Å². The fraction of sp³-hybridized carbons (Fsp3) is 0.273. The van der Waals surface area contributed by atoms with Crippen LogP contribution in [0.25, 0.3) is 0 Å². The van der Waals surface area contributed by atoms with E-state index in [1.165, 1.54) is 19.2 Å². The molecule has 0 N–H and O–H groups in total. The predicted molar refractivity (Wildman–Crippen MR) is 62.2 cm³/mol. The number of benzene rings is 1. The van der Waals surface area contributed by atoms with E-state index < -0.39 is 0 Å². The smallest absolute Gasteiger partial charge is 0.231 e. The van der Waals surface area contributed by atoms with Crippen LogP contribution in [0.3, 0.4) is 0 Å². The first-order chi connectivity index (χ1) is 8.28. The van der Waals surface area contributed by atoms with Gasteiger partial charge in [0.15, 0.2) is 5.82 Å². The summed E-state index contributed by atoms with van der Waals surface area (Å²) < 4.78 is 9.81. The predicted octanol–water partition coefficient (Wildman–Crippen LogP) is 2.55. The largest absolute Gasteiger partial charge is 0.339 e. The second-order valence-corrected chi connectivity index (χ2v) is 4.15.